The fourth-order valence-corrected chi connectivity index (χ4v) is 6.41. The van der Waals surface area contributed by atoms with Crippen molar-refractivity contribution in [1.82, 2.24) is 0 Å². The maximum atomic E-state index is 6.00. The monoisotopic (exact) mass is 346 g/mol. The largest absolute Gasteiger partial charge is 0.382 e. The van der Waals surface area contributed by atoms with Crippen LogP contribution < -0.4 is 0 Å². The summed E-state index contributed by atoms with van der Waals surface area (Å²) in [6.07, 6.45) is 13.3. The number of ether oxygens (including phenoxy) is 1. The zero-order valence-electron chi connectivity index (χ0n) is 16.3. The van der Waals surface area contributed by atoms with Gasteiger partial charge in [-0.05, 0) is 54.7 Å². The van der Waals surface area contributed by atoms with Crippen LogP contribution in [0.15, 0.2) is 24.3 Å². The lowest BCUT2D eigenvalue weighted by Crippen LogP contribution is -2.33. The molecule has 0 aliphatic carbocycles. The molecule has 2 rings (SSSR count). The molecule has 0 saturated carbocycles. The molecule has 1 aliphatic heterocycles. The molecular weight excluding hydrogens is 308 g/mol. The van der Waals surface area contributed by atoms with E-state index in [2.05, 4.69) is 45.0 Å². The second-order valence-corrected chi connectivity index (χ2v) is 11.7. The van der Waals surface area contributed by atoms with Crippen LogP contribution in [0.1, 0.15) is 83.3 Å². The Morgan fingerprint density at radius 1 is 1.00 bits per heavy atom. The Balaban J connectivity index is 1.75. The van der Waals surface area contributed by atoms with Gasteiger partial charge < -0.3 is 4.74 Å². The molecule has 1 heterocycles. The van der Waals surface area contributed by atoms with Crippen molar-refractivity contribution in [2.24, 2.45) is 0 Å². The molecule has 24 heavy (non-hydrogen) atoms. The lowest BCUT2D eigenvalue weighted by atomic mass is 9.99. The van der Waals surface area contributed by atoms with Gasteiger partial charge in [0.25, 0.3) is 0 Å². The normalized spacial score (nSPS) is 19.2. The lowest BCUT2D eigenvalue weighted by molar-refractivity contribution is 0.0633. The van der Waals surface area contributed by atoms with E-state index in [1.165, 1.54) is 75.3 Å². The van der Waals surface area contributed by atoms with Crippen LogP contribution in [0.2, 0.25) is 5.04 Å². The number of aryl methyl sites for hydroxylation is 1. The van der Waals surface area contributed by atoms with Gasteiger partial charge in [0.2, 0.25) is 0 Å². The third kappa shape index (κ3) is 7.52. The fraction of sp³-hybridized carbons (Fsp3) is 0.727. The van der Waals surface area contributed by atoms with Gasteiger partial charge in [0, 0.05) is 12.3 Å². The van der Waals surface area contributed by atoms with Crippen molar-refractivity contribution in [2.75, 3.05) is 6.61 Å². The average Bonchev–Trinajstić information content (AvgIpc) is 2.56. The molecule has 1 atom stereocenters. The Labute approximate surface area is 152 Å². The topological polar surface area (TPSA) is 9.23 Å². The molecule has 0 bridgehead atoms. The molecule has 136 valence electrons. The van der Waals surface area contributed by atoms with E-state index in [9.17, 15) is 0 Å². The summed E-state index contributed by atoms with van der Waals surface area (Å²) in [6, 6.07) is 9.48. The third-order valence-electron chi connectivity index (χ3n) is 5.33. The standard InChI is InChI=1S/C22H38OSi/c1-4-5-6-7-8-11-19-13-15-20(16-14-19)18-22(2,3)24-21-12-9-10-17-23-21/h13-16,21H,4-12,17-18,24H2,1-3H3. The Morgan fingerprint density at radius 2 is 1.71 bits per heavy atom. The first-order valence-corrected chi connectivity index (χ1v) is 11.8. The predicted molar refractivity (Wildman–Crippen MR) is 109 cm³/mol. The molecule has 0 radical (unpaired) electrons. The van der Waals surface area contributed by atoms with E-state index in [1.807, 2.05) is 0 Å². The first-order chi connectivity index (χ1) is 11.6. The summed E-state index contributed by atoms with van der Waals surface area (Å²) in [6.45, 7) is 8.20. The Bertz CT molecular complexity index is 446. The van der Waals surface area contributed by atoms with Crippen LogP contribution in [0.4, 0.5) is 0 Å². The lowest BCUT2D eigenvalue weighted by Gasteiger charge is -2.31. The summed E-state index contributed by atoms with van der Waals surface area (Å²) >= 11 is 0. The van der Waals surface area contributed by atoms with E-state index in [0.29, 0.717) is 10.8 Å². The molecule has 1 saturated heterocycles. The maximum absolute atomic E-state index is 6.00. The Kier molecular flexibility index (Phi) is 8.55. The molecule has 0 amide bonds. The maximum Gasteiger partial charge on any atom is 0.0619 e. The number of benzene rings is 1. The van der Waals surface area contributed by atoms with Crippen molar-refractivity contribution >= 4 is 9.52 Å². The molecule has 1 aromatic rings. The van der Waals surface area contributed by atoms with Crippen molar-refractivity contribution in [3.8, 4) is 0 Å². The first kappa shape index (κ1) is 19.7. The van der Waals surface area contributed by atoms with E-state index >= 15 is 0 Å². The van der Waals surface area contributed by atoms with Crippen molar-refractivity contribution in [3.05, 3.63) is 35.4 Å². The van der Waals surface area contributed by atoms with Crippen LogP contribution in [-0.4, -0.2) is 21.9 Å². The van der Waals surface area contributed by atoms with Crippen LogP contribution in [0.25, 0.3) is 0 Å². The number of rotatable bonds is 10. The highest BCUT2D eigenvalue weighted by Crippen LogP contribution is 2.31. The fourth-order valence-electron chi connectivity index (χ4n) is 3.97. The van der Waals surface area contributed by atoms with Gasteiger partial charge in [-0.1, -0.05) is 70.7 Å². The van der Waals surface area contributed by atoms with Crippen molar-refractivity contribution in [1.29, 1.82) is 0 Å². The summed E-state index contributed by atoms with van der Waals surface area (Å²) in [5.74, 6) is 0. The first-order valence-electron chi connectivity index (χ1n) is 10.3. The molecular formula is C22H38OSi. The molecule has 1 nitrogen and oxygen atoms in total. The van der Waals surface area contributed by atoms with Gasteiger partial charge in [0.1, 0.15) is 0 Å². The average molecular weight is 347 g/mol. The van der Waals surface area contributed by atoms with Gasteiger partial charge in [-0.2, -0.15) is 0 Å². The van der Waals surface area contributed by atoms with E-state index in [0.717, 1.165) is 6.61 Å². The van der Waals surface area contributed by atoms with Gasteiger partial charge >= 0.3 is 0 Å². The zero-order valence-corrected chi connectivity index (χ0v) is 17.7. The van der Waals surface area contributed by atoms with E-state index < -0.39 is 0 Å². The van der Waals surface area contributed by atoms with Gasteiger partial charge in [-0.3, -0.25) is 0 Å². The molecule has 1 fully saturated rings. The summed E-state index contributed by atoms with van der Waals surface area (Å²) in [5.41, 5.74) is 3.65. The summed E-state index contributed by atoms with van der Waals surface area (Å²) in [4.78, 5) is 0. The van der Waals surface area contributed by atoms with Crippen LogP contribution in [-0.2, 0) is 17.6 Å². The van der Waals surface area contributed by atoms with Crippen LogP contribution in [0, 0.1) is 0 Å². The summed E-state index contributed by atoms with van der Waals surface area (Å²) < 4.78 is 6.00. The highest BCUT2D eigenvalue weighted by Gasteiger charge is 2.26. The van der Waals surface area contributed by atoms with Crippen LogP contribution in [0.5, 0.6) is 0 Å². The third-order valence-corrected chi connectivity index (χ3v) is 7.78. The highest BCUT2D eigenvalue weighted by molar-refractivity contribution is 6.41. The highest BCUT2D eigenvalue weighted by atomic mass is 28.2. The summed E-state index contributed by atoms with van der Waals surface area (Å²) in [7, 11) is -0.204. The van der Waals surface area contributed by atoms with Crippen LogP contribution in [0.3, 0.4) is 0 Å². The van der Waals surface area contributed by atoms with Gasteiger partial charge in [-0.15, -0.1) is 0 Å². The molecule has 2 heteroatoms. The zero-order chi connectivity index (χ0) is 17.3. The molecule has 0 spiro atoms. The molecule has 1 aliphatic rings. The Hall–Kier alpha value is -0.603. The van der Waals surface area contributed by atoms with E-state index in [1.54, 1.807) is 0 Å². The van der Waals surface area contributed by atoms with E-state index in [4.69, 9.17) is 4.74 Å². The minimum atomic E-state index is -0.204. The molecule has 1 unspecified atom stereocenters. The predicted octanol–water partition coefficient (Wildman–Crippen LogP) is 5.64. The molecule has 0 N–H and O–H groups in total. The minimum Gasteiger partial charge on any atom is -0.382 e. The van der Waals surface area contributed by atoms with Crippen LogP contribution >= 0.6 is 0 Å². The summed E-state index contributed by atoms with van der Waals surface area (Å²) in [5, 5.41) is 0.462. The van der Waals surface area contributed by atoms with Gasteiger partial charge in [-0.25, -0.2) is 0 Å². The Morgan fingerprint density at radius 3 is 2.38 bits per heavy atom. The number of hydrogen-bond donors (Lipinski definition) is 0. The quantitative estimate of drug-likeness (QED) is 0.394. The van der Waals surface area contributed by atoms with E-state index in [-0.39, 0.29) is 9.52 Å². The second-order valence-electron chi connectivity index (χ2n) is 8.51. The SMILES string of the molecule is CCCCCCCc1ccc(CC(C)(C)[SiH2]C2CCCCO2)cc1. The van der Waals surface area contributed by atoms with Crippen molar-refractivity contribution in [3.63, 3.8) is 0 Å². The smallest absolute Gasteiger partial charge is 0.0619 e. The van der Waals surface area contributed by atoms with Crippen molar-refractivity contribution < 1.29 is 4.74 Å². The van der Waals surface area contributed by atoms with Gasteiger partial charge in [0.15, 0.2) is 0 Å². The van der Waals surface area contributed by atoms with Gasteiger partial charge in [0.05, 0.1) is 9.52 Å². The molecule has 0 aromatic heterocycles. The molecule has 1 aromatic carbocycles. The van der Waals surface area contributed by atoms with Crippen molar-refractivity contribution in [2.45, 2.75) is 95.7 Å². The second kappa shape index (κ2) is 10.4. The minimum absolute atomic E-state index is 0.204. The number of hydrogen-bond acceptors (Lipinski definition) is 1. The number of unbranched alkanes of at least 4 members (excludes halogenated alkanes) is 4.